The molecule has 0 amide bonds. The second-order valence-electron chi connectivity index (χ2n) is 8.15. The molecular weight excluding hydrogens is 258 g/mol. The van der Waals surface area contributed by atoms with Crippen molar-refractivity contribution in [2.24, 2.45) is 17.6 Å². The van der Waals surface area contributed by atoms with Crippen LogP contribution in [-0.2, 0) is 4.74 Å². The van der Waals surface area contributed by atoms with E-state index in [1.165, 1.54) is 83.5 Å². The fourth-order valence-electron chi connectivity index (χ4n) is 5.29. The van der Waals surface area contributed by atoms with Gasteiger partial charge >= 0.3 is 0 Å². The van der Waals surface area contributed by atoms with Gasteiger partial charge < -0.3 is 10.5 Å². The highest BCUT2D eigenvalue weighted by atomic mass is 16.5. The highest BCUT2D eigenvalue weighted by Gasteiger charge is 2.42. The quantitative estimate of drug-likeness (QED) is 0.808. The van der Waals surface area contributed by atoms with Crippen molar-refractivity contribution in [3.8, 4) is 0 Å². The van der Waals surface area contributed by atoms with Crippen LogP contribution in [0.3, 0.4) is 0 Å². The summed E-state index contributed by atoms with van der Waals surface area (Å²) in [4.78, 5) is 0. The molecule has 0 aromatic carbocycles. The lowest BCUT2D eigenvalue weighted by Crippen LogP contribution is -2.39. The molecule has 21 heavy (non-hydrogen) atoms. The van der Waals surface area contributed by atoms with Crippen LogP contribution in [0.15, 0.2) is 0 Å². The molecule has 4 atom stereocenters. The maximum atomic E-state index is 6.58. The van der Waals surface area contributed by atoms with Crippen LogP contribution in [0.1, 0.15) is 90.4 Å². The number of ether oxygens (including phenoxy) is 1. The smallest absolute Gasteiger partial charge is 0.0687 e. The normalized spacial score (nSPS) is 39.7. The Morgan fingerprint density at radius 1 is 1.05 bits per heavy atom. The van der Waals surface area contributed by atoms with E-state index in [0.717, 1.165) is 11.8 Å². The van der Waals surface area contributed by atoms with Crippen molar-refractivity contribution in [1.29, 1.82) is 0 Å². The minimum absolute atomic E-state index is 0.282. The molecule has 1 heterocycles. The maximum absolute atomic E-state index is 6.58. The summed E-state index contributed by atoms with van der Waals surface area (Å²) in [6, 6.07) is 0.435. The van der Waals surface area contributed by atoms with Gasteiger partial charge in [-0.2, -0.15) is 0 Å². The van der Waals surface area contributed by atoms with E-state index in [-0.39, 0.29) is 5.60 Å². The molecule has 2 aliphatic carbocycles. The lowest BCUT2D eigenvalue weighted by Gasteiger charge is -2.37. The Labute approximate surface area is 131 Å². The van der Waals surface area contributed by atoms with Crippen molar-refractivity contribution in [3.63, 3.8) is 0 Å². The van der Waals surface area contributed by atoms with Crippen LogP contribution in [0.25, 0.3) is 0 Å². The average molecular weight is 293 g/mol. The fourth-order valence-corrected chi connectivity index (χ4v) is 5.29. The van der Waals surface area contributed by atoms with Gasteiger partial charge in [-0.15, -0.1) is 0 Å². The van der Waals surface area contributed by atoms with Gasteiger partial charge in [-0.05, 0) is 63.2 Å². The second-order valence-corrected chi connectivity index (χ2v) is 8.15. The molecule has 2 heteroatoms. The minimum atomic E-state index is 0.282. The summed E-state index contributed by atoms with van der Waals surface area (Å²) < 4.78 is 6.58. The Hall–Kier alpha value is -0.0800. The van der Waals surface area contributed by atoms with Gasteiger partial charge in [0.25, 0.3) is 0 Å². The molecule has 2 saturated carbocycles. The van der Waals surface area contributed by atoms with Crippen molar-refractivity contribution in [2.45, 2.75) is 108 Å². The Bertz CT molecular complexity index is 324. The molecule has 3 fully saturated rings. The molecule has 122 valence electrons. The summed E-state index contributed by atoms with van der Waals surface area (Å²) in [6.45, 7) is 2.32. The van der Waals surface area contributed by atoms with Crippen molar-refractivity contribution in [2.75, 3.05) is 0 Å². The molecule has 4 unspecified atom stereocenters. The van der Waals surface area contributed by atoms with E-state index >= 15 is 0 Å². The molecule has 0 aromatic heterocycles. The van der Waals surface area contributed by atoms with Gasteiger partial charge in [0, 0.05) is 6.04 Å². The van der Waals surface area contributed by atoms with E-state index in [9.17, 15) is 0 Å². The van der Waals surface area contributed by atoms with E-state index < -0.39 is 0 Å². The molecule has 2 N–H and O–H groups in total. The van der Waals surface area contributed by atoms with Crippen LogP contribution in [0.4, 0.5) is 0 Å². The highest BCUT2D eigenvalue weighted by molar-refractivity contribution is 4.93. The van der Waals surface area contributed by atoms with Crippen molar-refractivity contribution in [3.05, 3.63) is 0 Å². The Kier molecular flexibility index (Phi) is 5.27. The van der Waals surface area contributed by atoms with Crippen molar-refractivity contribution in [1.82, 2.24) is 0 Å². The van der Waals surface area contributed by atoms with Gasteiger partial charge in [0.2, 0.25) is 0 Å². The van der Waals surface area contributed by atoms with E-state index in [1.807, 2.05) is 0 Å². The molecule has 1 spiro atoms. The monoisotopic (exact) mass is 293 g/mol. The van der Waals surface area contributed by atoms with E-state index in [2.05, 4.69) is 6.92 Å². The lowest BCUT2D eigenvalue weighted by molar-refractivity contribution is -0.0726. The van der Waals surface area contributed by atoms with Gasteiger partial charge in [-0.25, -0.2) is 0 Å². The molecular formula is C19H35NO. The Morgan fingerprint density at radius 2 is 1.86 bits per heavy atom. The van der Waals surface area contributed by atoms with Gasteiger partial charge in [0.05, 0.1) is 11.7 Å². The zero-order valence-corrected chi connectivity index (χ0v) is 14.0. The first-order valence-corrected chi connectivity index (χ1v) is 9.64. The van der Waals surface area contributed by atoms with Crippen LogP contribution < -0.4 is 5.73 Å². The predicted octanol–water partition coefficient (Wildman–Crippen LogP) is 4.80. The zero-order valence-electron chi connectivity index (χ0n) is 14.0. The largest absolute Gasteiger partial charge is 0.372 e. The third kappa shape index (κ3) is 3.82. The summed E-state index contributed by atoms with van der Waals surface area (Å²) in [5, 5.41) is 0. The first-order valence-electron chi connectivity index (χ1n) is 9.64. The van der Waals surface area contributed by atoms with Gasteiger partial charge in [0.15, 0.2) is 0 Å². The van der Waals surface area contributed by atoms with Crippen molar-refractivity contribution < 1.29 is 4.74 Å². The predicted molar refractivity (Wildman–Crippen MR) is 88.3 cm³/mol. The molecule has 0 aromatic rings. The summed E-state index contributed by atoms with van der Waals surface area (Å²) in [5.74, 6) is 1.66. The number of nitrogens with two attached hydrogens (primary N) is 1. The standard InChI is InChI=1S/C19H35NO/c1-2-6-15-7-8-18(20)16(13-15)14-17-9-12-19(21-17)10-4-3-5-11-19/h15-18H,2-14,20H2,1H3. The highest BCUT2D eigenvalue weighted by Crippen LogP contribution is 2.44. The van der Waals surface area contributed by atoms with Crippen LogP contribution in [0.5, 0.6) is 0 Å². The minimum Gasteiger partial charge on any atom is -0.372 e. The maximum Gasteiger partial charge on any atom is 0.0687 e. The molecule has 3 rings (SSSR count). The molecule has 1 saturated heterocycles. The lowest BCUT2D eigenvalue weighted by atomic mass is 9.74. The number of rotatable bonds is 4. The topological polar surface area (TPSA) is 35.2 Å². The summed E-state index contributed by atoms with van der Waals surface area (Å²) in [6.07, 6.45) is 17.9. The van der Waals surface area contributed by atoms with Crippen LogP contribution >= 0.6 is 0 Å². The van der Waals surface area contributed by atoms with Gasteiger partial charge in [0.1, 0.15) is 0 Å². The third-order valence-electron chi connectivity index (χ3n) is 6.52. The van der Waals surface area contributed by atoms with Crippen LogP contribution in [0.2, 0.25) is 0 Å². The number of hydrogen-bond acceptors (Lipinski definition) is 2. The second kappa shape index (κ2) is 7.00. The molecule has 0 radical (unpaired) electrons. The van der Waals surface area contributed by atoms with E-state index in [0.29, 0.717) is 12.1 Å². The van der Waals surface area contributed by atoms with Crippen molar-refractivity contribution >= 4 is 0 Å². The Balaban J connectivity index is 1.51. The van der Waals surface area contributed by atoms with Gasteiger partial charge in [-0.1, -0.05) is 39.0 Å². The fraction of sp³-hybridized carbons (Fsp3) is 1.00. The van der Waals surface area contributed by atoms with Gasteiger partial charge in [-0.3, -0.25) is 0 Å². The van der Waals surface area contributed by atoms with E-state index in [1.54, 1.807) is 0 Å². The first-order chi connectivity index (χ1) is 10.2. The Morgan fingerprint density at radius 3 is 2.62 bits per heavy atom. The average Bonchev–Trinajstić information content (AvgIpc) is 2.86. The first kappa shape index (κ1) is 15.8. The van der Waals surface area contributed by atoms with Crippen LogP contribution in [-0.4, -0.2) is 17.7 Å². The summed E-state index contributed by atoms with van der Waals surface area (Å²) in [7, 11) is 0. The number of hydrogen-bond donors (Lipinski definition) is 1. The van der Waals surface area contributed by atoms with Crippen LogP contribution in [0, 0.1) is 11.8 Å². The molecule has 3 aliphatic rings. The summed E-state index contributed by atoms with van der Waals surface area (Å²) in [5.41, 5.74) is 6.71. The SMILES string of the molecule is CCCC1CCC(N)C(CC2CCC3(CCCCC3)O2)C1. The van der Waals surface area contributed by atoms with E-state index in [4.69, 9.17) is 10.5 Å². The zero-order chi connectivity index (χ0) is 14.7. The molecule has 2 nitrogen and oxygen atoms in total. The summed E-state index contributed by atoms with van der Waals surface area (Å²) >= 11 is 0. The third-order valence-corrected chi connectivity index (χ3v) is 6.52. The molecule has 1 aliphatic heterocycles. The molecule has 0 bridgehead atoms.